The highest BCUT2D eigenvalue weighted by molar-refractivity contribution is 5.96. The first-order valence-electron chi connectivity index (χ1n) is 5.61. The van der Waals surface area contributed by atoms with Crippen LogP contribution in [0.15, 0.2) is 24.3 Å². The molecule has 1 atom stereocenters. The van der Waals surface area contributed by atoms with E-state index in [9.17, 15) is 19.7 Å². The fraction of sp³-hybridized carbons (Fsp3) is 0.333. The zero-order valence-electron chi connectivity index (χ0n) is 10.5. The van der Waals surface area contributed by atoms with Crippen molar-refractivity contribution >= 4 is 17.6 Å². The van der Waals surface area contributed by atoms with Crippen LogP contribution in [0, 0.1) is 16.0 Å². The number of rotatable bonds is 5. The lowest BCUT2D eigenvalue weighted by Gasteiger charge is -2.17. The molecule has 0 unspecified atom stereocenters. The number of amides is 1. The highest BCUT2D eigenvalue weighted by atomic mass is 16.6. The zero-order valence-corrected chi connectivity index (χ0v) is 10.5. The number of hydrogen-bond acceptors (Lipinski definition) is 4. The third kappa shape index (κ3) is 3.77. The van der Waals surface area contributed by atoms with Crippen LogP contribution in [0.5, 0.6) is 0 Å². The largest absolute Gasteiger partial charge is 0.480 e. The Bertz CT molecular complexity index is 495. The van der Waals surface area contributed by atoms with Crippen LogP contribution in [-0.4, -0.2) is 27.9 Å². The molecule has 1 aromatic rings. The summed E-state index contributed by atoms with van der Waals surface area (Å²) in [6.45, 7) is 3.35. The Labute approximate surface area is 109 Å². The van der Waals surface area contributed by atoms with Crippen molar-refractivity contribution in [2.24, 2.45) is 5.92 Å². The fourth-order valence-corrected chi connectivity index (χ4v) is 1.47. The van der Waals surface area contributed by atoms with Gasteiger partial charge in [-0.15, -0.1) is 0 Å². The van der Waals surface area contributed by atoms with Gasteiger partial charge in [0.05, 0.1) is 4.92 Å². The highest BCUT2D eigenvalue weighted by Crippen LogP contribution is 2.12. The van der Waals surface area contributed by atoms with E-state index in [1.165, 1.54) is 24.3 Å². The summed E-state index contributed by atoms with van der Waals surface area (Å²) < 4.78 is 0. The molecule has 0 aliphatic carbocycles. The van der Waals surface area contributed by atoms with Crippen LogP contribution in [0.25, 0.3) is 0 Å². The van der Waals surface area contributed by atoms with Gasteiger partial charge < -0.3 is 10.4 Å². The molecule has 0 radical (unpaired) electrons. The van der Waals surface area contributed by atoms with E-state index in [0.29, 0.717) is 0 Å². The van der Waals surface area contributed by atoms with Crippen molar-refractivity contribution in [3.63, 3.8) is 0 Å². The number of carbonyl (C=O) groups is 2. The number of carboxylic acids is 1. The lowest BCUT2D eigenvalue weighted by atomic mass is 10.0. The number of non-ortho nitro benzene ring substituents is 1. The van der Waals surface area contributed by atoms with Gasteiger partial charge in [-0.25, -0.2) is 4.79 Å². The van der Waals surface area contributed by atoms with Crippen LogP contribution in [0.2, 0.25) is 0 Å². The third-order valence-electron chi connectivity index (χ3n) is 2.56. The van der Waals surface area contributed by atoms with Crippen molar-refractivity contribution < 1.29 is 19.6 Å². The van der Waals surface area contributed by atoms with Gasteiger partial charge in [-0.3, -0.25) is 14.9 Å². The van der Waals surface area contributed by atoms with E-state index in [0.717, 1.165) is 0 Å². The SMILES string of the molecule is CC(C)[C@@H](NC(=O)c1ccc([N+](=O)[O-])cc1)C(=O)O. The average molecular weight is 266 g/mol. The average Bonchev–Trinajstić information content (AvgIpc) is 2.34. The molecule has 7 heteroatoms. The van der Waals surface area contributed by atoms with Gasteiger partial charge in [0.2, 0.25) is 0 Å². The molecule has 0 bridgehead atoms. The maximum atomic E-state index is 11.8. The van der Waals surface area contributed by atoms with Gasteiger partial charge in [-0.1, -0.05) is 13.8 Å². The Hall–Kier alpha value is -2.44. The van der Waals surface area contributed by atoms with E-state index in [2.05, 4.69) is 5.32 Å². The zero-order chi connectivity index (χ0) is 14.6. The fourth-order valence-electron chi connectivity index (χ4n) is 1.47. The van der Waals surface area contributed by atoms with Crippen LogP contribution in [0.4, 0.5) is 5.69 Å². The minimum atomic E-state index is -1.12. The molecule has 0 spiro atoms. The third-order valence-corrected chi connectivity index (χ3v) is 2.56. The van der Waals surface area contributed by atoms with Crippen molar-refractivity contribution in [2.75, 3.05) is 0 Å². The van der Waals surface area contributed by atoms with Gasteiger partial charge >= 0.3 is 5.97 Å². The topological polar surface area (TPSA) is 110 Å². The number of carbonyl (C=O) groups excluding carboxylic acids is 1. The van der Waals surface area contributed by atoms with E-state index in [4.69, 9.17) is 5.11 Å². The second kappa shape index (κ2) is 5.94. The number of nitrogens with one attached hydrogen (secondary N) is 1. The smallest absolute Gasteiger partial charge is 0.326 e. The minimum Gasteiger partial charge on any atom is -0.480 e. The quantitative estimate of drug-likeness (QED) is 0.619. The molecule has 19 heavy (non-hydrogen) atoms. The lowest BCUT2D eigenvalue weighted by molar-refractivity contribution is -0.384. The number of nitrogens with zero attached hydrogens (tertiary/aromatic N) is 1. The van der Waals surface area contributed by atoms with Crippen LogP contribution in [0.1, 0.15) is 24.2 Å². The molecule has 0 aliphatic rings. The Morgan fingerprint density at radius 3 is 2.16 bits per heavy atom. The summed E-state index contributed by atoms with van der Waals surface area (Å²) in [6, 6.07) is 3.96. The van der Waals surface area contributed by atoms with Gasteiger partial charge in [0.1, 0.15) is 6.04 Å². The first-order chi connectivity index (χ1) is 8.82. The maximum Gasteiger partial charge on any atom is 0.326 e. The van der Waals surface area contributed by atoms with E-state index >= 15 is 0 Å². The molecule has 1 rings (SSSR count). The first-order valence-corrected chi connectivity index (χ1v) is 5.61. The summed E-state index contributed by atoms with van der Waals surface area (Å²) >= 11 is 0. The van der Waals surface area contributed by atoms with Gasteiger partial charge in [0, 0.05) is 17.7 Å². The summed E-state index contributed by atoms with van der Waals surface area (Å²) in [6.07, 6.45) is 0. The molecule has 0 aromatic heterocycles. The maximum absolute atomic E-state index is 11.8. The summed E-state index contributed by atoms with van der Waals surface area (Å²) in [5.74, 6) is -1.96. The molecule has 2 N–H and O–H groups in total. The number of nitro groups is 1. The molecule has 1 aromatic carbocycles. The molecular weight excluding hydrogens is 252 g/mol. The molecule has 0 fully saturated rings. The van der Waals surface area contributed by atoms with Crippen LogP contribution >= 0.6 is 0 Å². The van der Waals surface area contributed by atoms with Gasteiger partial charge in [0.15, 0.2) is 0 Å². The molecule has 0 aliphatic heterocycles. The Morgan fingerprint density at radius 2 is 1.79 bits per heavy atom. The number of hydrogen-bond donors (Lipinski definition) is 2. The van der Waals surface area contributed by atoms with Crippen molar-refractivity contribution in [2.45, 2.75) is 19.9 Å². The van der Waals surface area contributed by atoms with Crippen LogP contribution < -0.4 is 5.32 Å². The van der Waals surface area contributed by atoms with Gasteiger partial charge in [0.25, 0.3) is 11.6 Å². The summed E-state index contributed by atoms with van der Waals surface area (Å²) in [5.41, 5.74) is 0.0488. The Morgan fingerprint density at radius 1 is 1.26 bits per heavy atom. The molecule has 7 nitrogen and oxygen atoms in total. The van der Waals surface area contributed by atoms with E-state index in [1.807, 2.05) is 0 Å². The molecule has 1 amide bonds. The minimum absolute atomic E-state index is 0.129. The molecular formula is C12H14N2O5. The first kappa shape index (κ1) is 14.6. The standard InChI is InChI=1S/C12H14N2O5/c1-7(2)10(12(16)17)13-11(15)8-3-5-9(6-4-8)14(18)19/h3-7,10H,1-2H3,(H,13,15)(H,16,17)/t10-/m1/s1. The Balaban J connectivity index is 2.83. The predicted molar refractivity (Wildman–Crippen MR) is 66.8 cm³/mol. The number of carboxylic acid groups (broad SMARTS) is 1. The monoisotopic (exact) mass is 266 g/mol. The number of nitro benzene ring substituents is 1. The molecule has 0 heterocycles. The number of benzene rings is 1. The van der Waals surface area contributed by atoms with Crippen LogP contribution in [-0.2, 0) is 4.79 Å². The molecule has 0 saturated carbocycles. The Kier molecular flexibility index (Phi) is 4.57. The second-order valence-corrected chi connectivity index (χ2v) is 4.34. The molecule has 102 valence electrons. The molecule has 0 saturated heterocycles. The van der Waals surface area contributed by atoms with Crippen LogP contribution in [0.3, 0.4) is 0 Å². The summed E-state index contributed by atoms with van der Waals surface area (Å²) in [5, 5.41) is 21.8. The second-order valence-electron chi connectivity index (χ2n) is 4.34. The van der Waals surface area contributed by atoms with E-state index in [-0.39, 0.29) is 17.2 Å². The van der Waals surface area contributed by atoms with Crippen molar-refractivity contribution in [3.05, 3.63) is 39.9 Å². The van der Waals surface area contributed by atoms with Crippen molar-refractivity contribution in [1.29, 1.82) is 0 Å². The van der Waals surface area contributed by atoms with Gasteiger partial charge in [-0.05, 0) is 18.1 Å². The van der Waals surface area contributed by atoms with E-state index < -0.39 is 22.8 Å². The number of aliphatic carboxylic acids is 1. The van der Waals surface area contributed by atoms with E-state index in [1.54, 1.807) is 13.8 Å². The van der Waals surface area contributed by atoms with Gasteiger partial charge in [-0.2, -0.15) is 0 Å². The predicted octanol–water partition coefficient (Wildman–Crippen LogP) is 1.43. The highest BCUT2D eigenvalue weighted by Gasteiger charge is 2.24. The summed E-state index contributed by atoms with van der Waals surface area (Å²) in [4.78, 5) is 32.6. The lowest BCUT2D eigenvalue weighted by Crippen LogP contribution is -2.44. The van der Waals surface area contributed by atoms with Crippen molar-refractivity contribution in [3.8, 4) is 0 Å². The van der Waals surface area contributed by atoms with Crippen molar-refractivity contribution in [1.82, 2.24) is 5.32 Å². The normalized spacial score (nSPS) is 11.9. The summed E-state index contributed by atoms with van der Waals surface area (Å²) in [7, 11) is 0.